The van der Waals surface area contributed by atoms with Crippen LogP contribution < -0.4 is 21.1 Å². The zero-order valence-electron chi connectivity index (χ0n) is 22.8. The highest BCUT2D eigenvalue weighted by molar-refractivity contribution is 5.81. The third-order valence-corrected chi connectivity index (χ3v) is 7.00. The van der Waals surface area contributed by atoms with Crippen LogP contribution in [-0.4, -0.2) is 71.3 Å². The van der Waals surface area contributed by atoms with Crippen LogP contribution in [-0.2, 0) is 29.0 Å². The summed E-state index contributed by atoms with van der Waals surface area (Å²) in [6.45, 7) is 5.76. The molecule has 0 saturated carbocycles. The van der Waals surface area contributed by atoms with E-state index in [0.717, 1.165) is 56.6 Å². The SMILES string of the molecule is CCCCOc1nc(N)c2[nH]c(=O)n(CC3CCCN(Cc4ccc(CC(=O)OC)cc4N(C)C)C3)c2n1. The van der Waals surface area contributed by atoms with Crippen molar-refractivity contribution in [2.24, 2.45) is 5.92 Å². The number of nitrogen functional groups attached to an aromatic ring is 1. The number of carbonyl (C=O) groups is 1. The minimum Gasteiger partial charge on any atom is -0.469 e. The normalized spacial score (nSPS) is 16.1. The molecule has 0 aliphatic carbocycles. The topological polar surface area (TPSA) is 132 Å². The number of unbranched alkanes of at least 4 members (excludes halogenated alkanes) is 1. The lowest BCUT2D eigenvalue weighted by molar-refractivity contribution is -0.139. The van der Waals surface area contributed by atoms with Crippen LogP contribution in [0.2, 0.25) is 0 Å². The number of rotatable bonds is 11. The van der Waals surface area contributed by atoms with E-state index >= 15 is 0 Å². The largest absolute Gasteiger partial charge is 0.469 e. The van der Waals surface area contributed by atoms with E-state index < -0.39 is 0 Å². The number of ether oxygens (including phenoxy) is 2. The van der Waals surface area contributed by atoms with Crippen molar-refractivity contribution in [2.45, 2.75) is 52.1 Å². The molecule has 1 atom stereocenters. The number of hydrogen-bond donors (Lipinski definition) is 2. The van der Waals surface area contributed by atoms with E-state index in [2.05, 4.69) is 43.8 Å². The molecule has 0 bridgehead atoms. The first kappa shape index (κ1) is 27.4. The molecule has 3 N–H and O–H groups in total. The van der Waals surface area contributed by atoms with Gasteiger partial charge in [-0.3, -0.25) is 14.3 Å². The number of fused-ring (bicyclic) bond motifs is 1. The van der Waals surface area contributed by atoms with Crippen LogP contribution in [0.3, 0.4) is 0 Å². The standard InChI is InChI=1S/C27H39N7O4/c1-5-6-12-38-26-30-24(28)23-25(31-26)34(27(36)29-23)16-19-8-7-11-33(15-19)17-20-10-9-18(14-22(35)37-4)13-21(20)32(2)3/h9-10,13,19H,5-8,11-12,14-17H2,1-4H3,(H,29,36)(H2,28,30,31). The molecule has 1 unspecified atom stereocenters. The number of likely N-dealkylation sites (tertiary alicyclic amines) is 1. The quantitative estimate of drug-likeness (QED) is 0.286. The number of H-pyrrole nitrogens is 1. The second-order valence-electron chi connectivity index (χ2n) is 10.2. The Labute approximate surface area is 222 Å². The number of carbonyl (C=O) groups excluding carboxylic acids is 1. The molecule has 0 spiro atoms. The third kappa shape index (κ3) is 6.45. The van der Waals surface area contributed by atoms with E-state index in [-0.39, 0.29) is 35.8 Å². The van der Waals surface area contributed by atoms with Gasteiger partial charge in [0.15, 0.2) is 11.5 Å². The van der Waals surface area contributed by atoms with Gasteiger partial charge in [-0.05, 0) is 48.9 Å². The highest BCUT2D eigenvalue weighted by Gasteiger charge is 2.24. The Balaban J connectivity index is 1.49. The average molecular weight is 526 g/mol. The van der Waals surface area contributed by atoms with Crippen LogP contribution in [0.4, 0.5) is 11.5 Å². The second-order valence-corrected chi connectivity index (χ2v) is 10.2. The van der Waals surface area contributed by atoms with Gasteiger partial charge in [-0.2, -0.15) is 9.97 Å². The first-order chi connectivity index (χ1) is 18.3. The van der Waals surface area contributed by atoms with Crippen molar-refractivity contribution in [1.82, 2.24) is 24.4 Å². The fraction of sp³-hybridized carbons (Fsp3) is 0.556. The number of nitrogens with one attached hydrogen (secondary N) is 1. The monoisotopic (exact) mass is 525 g/mol. The second kappa shape index (κ2) is 12.3. The Hall–Kier alpha value is -3.60. The first-order valence-corrected chi connectivity index (χ1v) is 13.3. The molecular formula is C27H39N7O4. The van der Waals surface area contributed by atoms with Gasteiger partial charge in [-0.25, -0.2) is 4.79 Å². The summed E-state index contributed by atoms with van der Waals surface area (Å²) in [5.41, 5.74) is 10.0. The zero-order valence-corrected chi connectivity index (χ0v) is 22.8. The van der Waals surface area contributed by atoms with Crippen molar-refractivity contribution in [3.05, 3.63) is 39.8 Å². The summed E-state index contributed by atoms with van der Waals surface area (Å²) in [6, 6.07) is 6.36. The lowest BCUT2D eigenvalue weighted by Gasteiger charge is -2.33. The molecule has 0 amide bonds. The van der Waals surface area contributed by atoms with E-state index in [1.165, 1.54) is 12.7 Å². The van der Waals surface area contributed by atoms with Gasteiger partial charge in [0.05, 0.1) is 20.1 Å². The molecule has 2 aromatic heterocycles. The average Bonchev–Trinajstić information content (AvgIpc) is 3.20. The van der Waals surface area contributed by atoms with Crippen molar-refractivity contribution in [1.29, 1.82) is 0 Å². The van der Waals surface area contributed by atoms with E-state index in [4.69, 9.17) is 15.2 Å². The Kier molecular flexibility index (Phi) is 8.88. The molecule has 11 heteroatoms. The molecule has 4 rings (SSSR count). The van der Waals surface area contributed by atoms with Gasteiger partial charge >= 0.3 is 17.7 Å². The number of nitrogens with two attached hydrogens (primary N) is 1. The number of imidazole rings is 1. The Morgan fingerprint density at radius 1 is 1.29 bits per heavy atom. The van der Waals surface area contributed by atoms with E-state index in [0.29, 0.717) is 24.3 Å². The molecule has 0 radical (unpaired) electrons. The number of anilines is 2. The maximum Gasteiger partial charge on any atom is 0.327 e. The Morgan fingerprint density at radius 3 is 2.84 bits per heavy atom. The van der Waals surface area contributed by atoms with Crippen molar-refractivity contribution < 1.29 is 14.3 Å². The molecule has 3 heterocycles. The lowest BCUT2D eigenvalue weighted by atomic mass is 9.97. The Morgan fingerprint density at radius 2 is 2.11 bits per heavy atom. The summed E-state index contributed by atoms with van der Waals surface area (Å²) in [5, 5.41) is 0. The molecule has 1 aliphatic heterocycles. The summed E-state index contributed by atoms with van der Waals surface area (Å²) in [4.78, 5) is 40.6. The first-order valence-electron chi connectivity index (χ1n) is 13.3. The number of benzene rings is 1. The number of nitrogens with zero attached hydrogens (tertiary/aromatic N) is 5. The molecule has 1 aliphatic rings. The molecule has 3 aromatic rings. The molecular weight excluding hydrogens is 486 g/mol. The molecule has 11 nitrogen and oxygen atoms in total. The van der Waals surface area contributed by atoms with Gasteiger partial charge in [-0.1, -0.05) is 25.5 Å². The van der Waals surface area contributed by atoms with Crippen LogP contribution in [0.15, 0.2) is 23.0 Å². The minimum absolute atomic E-state index is 0.202. The zero-order chi connectivity index (χ0) is 27.2. The predicted octanol–water partition coefficient (Wildman–Crippen LogP) is 2.57. The van der Waals surface area contributed by atoms with Gasteiger partial charge in [-0.15, -0.1) is 0 Å². The molecule has 38 heavy (non-hydrogen) atoms. The summed E-state index contributed by atoms with van der Waals surface area (Å²) in [6.07, 6.45) is 4.21. The number of hydrogen-bond acceptors (Lipinski definition) is 9. The van der Waals surface area contributed by atoms with Crippen molar-refractivity contribution in [2.75, 3.05) is 51.5 Å². The number of aromatic amines is 1. The molecule has 1 aromatic carbocycles. The van der Waals surface area contributed by atoms with Crippen LogP contribution in [0.25, 0.3) is 11.2 Å². The molecule has 206 valence electrons. The van der Waals surface area contributed by atoms with Gasteiger partial charge in [0.2, 0.25) is 0 Å². The maximum absolute atomic E-state index is 12.8. The fourth-order valence-corrected chi connectivity index (χ4v) is 5.02. The smallest absolute Gasteiger partial charge is 0.327 e. The van der Waals surface area contributed by atoms with Crippen molar-refractivity contribution in [3.8, 4) is 6.01 Å². The van der Waals surface area contributed by atoms with E-state index in [1.54, 1.807) is 4.57 Å². The molecule has 1 fully saturated rings. The number of piperidine rings is 1. The van der Waals surface area contributed by atoms with Crippen molar-refractivity contribution >= 4 is 28.6 Å². The van der Waals surface area contributed by atoms with Gasteiger partial charge in [0.1, 0.15) is 5.52 Å². The fourth-order valence-electron chi connectivity index (χ4n) is 5.02. The maximum atomic E-state index is 12.8. The predicted molar refractivity (Wildman–Crippen MR) is 147 cm³/mol. The number of methoxy groups -OCH3 is 1. The summed E-state index contributed by atoms with van der Waals surface area (Å²) in [7, 11) is 5.43. The van der Waals surface area contributed by atoms with Gasteiger partial charge in [0.25, 0.3) is 0 Å². The van der Waals surface area contributed by atoms with E-state index in [1.807, 2.05) is 20.2 Å². The minimum atomic E-state index is -0.250. The third-order valence-electron chi connectivity index (χ3n) is 7.00. The highest BCUT2D eigenvalue weighted by atomic mass is 16.5. The Bertz CT molecular complexity index is 1320. The van der Waals surface area contributed by atoms with Crippen LogP contribution in [0.5, 0.6) is 6.01 Å². The van der Waals surface area contributed by atoms with Crippen LogP contribution in [0.1, 0.15) is 43.7 Å². The summed E-state index contributed by atoms with van der Waals surface area (Å²) < 4.78 is 12.2. The number of esters is 1. The lowest BCUT2D eigenvalue weighted by Crippen LogP contribution is -2.38. The van der Waals surface area contributed by atoms with Crippen LogP contribution >= 0.6 is 0 Å². The number of aromatic nitrogens is 4. The van der Waals surface area contributed by atoms with E-state index in [9.17, 15) is 9.59 Å². The van der Waals surface area contributed by atoms with Gasteiger partial charge < -0.3 is 25.1 Å². The van der Waals surface area contributed by atoms with Gasteiger partial charge in [0, 0.05) is 39.4 Å². The molecule has 1 saturated heterocycles. The summed E-state index contributed by atoms with van der Waals surface area (Å²) in [5.74, 6) is 0.248. The summed E-state index contributed by atoms with van der Waals surface area (Å²) >= 11 is 0. The highest BCUT2D eigenvalue weighted by Crippen LogP contribution is 2.27. The van der Waals surface area contributed by atoms with Crippen molar-refractivity contribution in [3.63, 3.8) is 0 Å². The van der Waals surface area contributed by atoms with Crippen LogP contribution in [0, 0.1) is 5.92 Å².